The van der Waals surface area contributed by atoms with E-state index in [1.165, 1.54) is 30.3 Å². The van der Waals surface area contributed by atoms with Crippen LogP contribution >= 0.6 is 11.5 Å². The Morgan fingerprint density at radius 2 is 1.89 bits per heavy atom. The summed E-state index contributed by atoms with van der Waals surface area (Å²) in [5.74, 6) is -3.39. The summed E-state index contributed by atoms with van der Waals surface area (Å²) in [5.41, 5.74) is 11.2. The van der Waals surface area contributed by atoms with Gasteiger partial charge < -0.3 is 26.4 Å². The Morgan fingerprint density at radius 3 is 2.51 bits per heavy atom. The van der Waals surface area contributed by atoms with Crippen LogP contribution in [-0.2, 0) is 16.1 Å². The van der Waals surface area contributed by atoms with Gasteiger partial charge in [-0.2, -0.15) is 4.37 Å². The van der Waals surface area contributed by atoms with Gasteiger partial charge in [-0.05, 0) is 48.1 Å². The molecule has 1 aliphatic heterocycles. The van der Waals surface area contributed by atoms with Gasteiger partial charge in [0.1, 0.15) is 22.6 Å². The lowest BCUT2D eigenvalue weighted by atomic mass is 10.0. The standard InChI is InChI=1S/C25H25F2N5O4S/c26-16-9-7-14(8-10-16)21(24(34)30-12-17-5-3-11-36-17)32(13-15-4-1-2-6-18(15)27)25(35)22-19(28)20(23(29)33)31-37-22/h1-2,4,6-10,17,21H,3,5,11-13,28H2,(H2,29,33)(H,30,34). The van der Waals surface area contributed by atoms with Crippen molar-refractivity contribution in [1.82, 2.24) is 14.6 Å². The minimum absolute atomic E-state index is 0.132. The number of benzene rings is 2. The topological polar surface area (TPSA) is 141 Å². The van der Waals surface area contributed by atoms with Gasteiger partial charge in [-0.1, -0.05) is 30.3 Å². The van der Waals surface area contributed by atoms with Crippen molar-refractivity contribution < 1.29 is 27.9 Å². The largest absolute Gasteiger partial charge is 0.395 e. The summed E-state index contributed by atoms with van der Waals surface area (Å²) in [6.07, 6.45) is 1.46. The molecule has 1 aromatic heterocycles. The molecule has 1 fully saturated rings. The summed E-state index contributed by atoms with van der Waals surface area (Å²) in [4.78, 5) is 40.0. The first kappa shape index (κ1) is 26.2. The lowest BCUT2D eigenvalue weighted by Crippen LogP contribution is -2.45. The van der Waals surface area contributed by atoms with Gasteiger partial charge in [-0.3, -0.25) is 14.4 Å². The molecule has 1 saturated heterocycles. The maximum Gasteiger partial charge on any atom is 0.270 e. The van der Waals surface area contributed by atoms with Crippen molar-refractivity contribution >= 4 is 34.9 Å². The molecule has 0 spiro atoms. The van der Waals surface area contributed by atoms with Gasteiger partial charge in [0.05, 0.1) is 18.3 Å². The second-order valence-corrected chi connectivity index (χ2v) is 9.27. The summed E-state index contributed by atoms with van der Waals surface area (Å²) < 4.78 is 37.9. The van der Waals surface area contributed by atoms with Crippen LogP contribution in [-0.4, -0.2) is 46.3 Å². The predicted molar refractivity (Wildman–Crippen MR) is 132 cm³/mol. The number of carbonyl (C=O) groups excluding carboxylic acids is 3. The fourth-order valence-electron chi connectivity index (χ4n) is 4.08. The maximum absolute atomic E-state index is 14.7. The highest BCUT2D eigenvalue weighted by molar-refractivity contribution is 7.09. The highest BCUT2D eigenvalue weighted by atomic mass is 32.1. The molecule has 0 saturated carbocycles. The van der Waals surface area contributed by atoms with Crippen LogP contribution in [0.3, 0.4) is 0 Å². The molecule has 2 heterocycles. The van der Waals surface area contributed by atoms with Crippen molar-refractivity contribution in [1.29, 1.82) is 0 Å². The Kier molecular flexibility index (Phi) is 8.09. The van der Waals surface area contributed by atoms with E-state index in [0.29, 0.717) is 18.1 Å². The predicted octanol–water partition coefficient (Wildman–Crippen LogP) is 2.78. The zero-order chi connectivity index (χ0) is 26.5. The van der Waals surface area contributed by atoms with Crippen LogP contribution in [0.2, 0.25) is 0 Å². The van der Waals surface area contributed by atoms with Crippen molar-refractivity contribution in [3.05, 3.63) is 81.9 Å². The first-order chi connectivity index (χ1) is 17.8. The normalized spacial score (nSPS) is 15.8. The highest BCUT2D eigenvalue weighted by Gasteiger charge is 2.35. The number of rotatable bonds is 9. The van der Waals surface area contributed by atoms with Crippen LogP contribution in [0, 0.1) is 11.6 Å². The number of hydrogen-bond donors (Lipinski definition) is 3. The molecule has 4 rings (SSSR count). The number of aromatic nitrogens is 1. The second-order valence-electron chi connectivity index (χ2n) is 8.50. The monoisotopic (exact) mass is 529 g/mol. The molecule has 0 bridgehead atoms. The third-order valence-electron chi connectivity index (χ3n) is 5.99. The average Bonchev–Trinajstić information content (AvgIpc) is 3.54. The maximum atomic E-state index is 14.7. The van der Waals surface area contributed by atoms with Crippen LogP contribution in [0.25, 0.3) is 0 Å². The van der Waals surface area contributed by atoms with Gasteiger partial charge >= 0.3 is 0 Å². The molecule has 5 N–H and O–H groups in total. The third kappa shape index (κ3) is 5.92. The van der Waals surface area contributed by atoms with Gasteiger partial charge in [-0.15, -0.1) is 0 Å². The number of nitrogen functional groups attached to an aromatic ring is 1. The van der Waals surface area contributed by atoms with Gasteiger partial charge in [-0.25, -0.2) is 8.78 Å². The molecule has 3 amide bonds. The Labute approximate surface area is 215 Å². The van der Waals surface area contributed by atoms with E-state index in [4.69, 9.17) is 16.2 Å². The number of amides is 3. The number of primary amides is 1. The lowest BCUT2D eigenvalue weighted by molar-refractivity contribution is -0.126. The molecule has 2 atom stereocenters. The number of anilines is 1. The number of carbonyl (C=O) groups is 3. The molecule has 12 heteroatoms. The van der Waals surface area contributed by atoms with Crippen molar-refractivity contribution in [3.8, 4) is 0 Å². The Hall–Kier alpha value is -3.90. The Bertz CT molecular complexity index is 1290. The van der Waals surface area contributed by atoms with Crippen molar-refractivity contribution in [3.63, 3.8) is 0 Å². The first-order valence-corrected chi connectivity index (χ1v) is 12.3. The van der Waals surface area contributed by atoms with E-state index in [-0.39, 0.29) is 46.6 Å². The Balaban J connectivity index is 1.77. The minimum atomic E-state index is -1.30. The summed E-state index contributed by atoms with van der Waals surface area (Å²) in [6, 6.07) is 9.57. The number of halogens is 2. The van der Waals surface area contributed by atoms with Crippen molar-refractivity contribution in [2.45, 2.75) is 31.5 Å². The van der Waals surface area contributed by atoms with Crippen LogP contribution < -0.4 is 16.8 Å². The quantitative estimate of drug-likeness (QED) is 0.389. The van der Waals surface area contributed by atoms with E-state index in [9.17, 15) is 23.2 Å². The molecule has 9 nitrogen and oxygen atoms in total. The van der Waals surface area contributed by atoms with E-state index < -0.39 is 35.4 Å². The summed E-state index contributed by atoms with van der Waals surface area (Å²) in [5, 5.41) is 2.80. The van der Waals surface area contributed by atoms with E-state index in [1.54, 1.807) is 6.07 Å². The van der Waals surface area contributed by atoms with Gasteiger partial charge in [0.2, 0.25) is 5.91 Å². The van der Waals surface area contributed by atoms with Gasteiger partial charge in [0.15, 0.2) is 5.69 Å². The number of nitrogens with one attached hydrogen (secondary N) is 1. The van der Waals surface area contributed by atoms with Crippen LogP contribution in [0.15, 0.2) is 48.5 Å². The minimum Gasteiger partial charge on any atom is -0.395 e. The smallest absolute Gasteiger partial charge is 0.270 e. The highest BCUT2D eigenvalue weighted by Crippen LogP contribution is 2.31. The summed E-state index contributed by atoms with van der Waals surface area (Å²) >= 11 is 0.644. The molecule has 37 heavy (non-hydrogen) atoms. The molecular formula is C25H25F2N5O4S. The summed E-state index contributed by atoms with van der Waals surface area (Å²) in [6.45, 7) is 0.462. The second kappa shape index (κ2) is 11.4. The van der Waals surface area contributed by atoms with Gasteiger partial charge in [0.25, 0.3) is 11.8 Å². The average molecular weight is 530 g/mol. The molecular weight excluding hydrogens is 504 g/mol. The molecule has 0 radical (unpaired) electrons. The summed E-state index contributed by atoms with van der Waals surface area (Å²) in [7, 11) is 0. The Morgan fingerprint density at radius 1 is 1.16 bits per heavy atom. The zero-order valence-corrected chi connectivity index (χ0v) is 20.5. The number of ether oxygens (including phenoxy) is 1. The van der Waals surface area contributed by atoms with Crippen LogP contribution in [0.5, 0.6) is 0 Å². The number of hydrogen-bond acceptors (Lipinski definition) is 7. The van der Waals surface area contributed by atoms with Crippen LogP contribution in [0.1, 0.15) is 50.2 Å². The molecule has 2 unspecified atom stereocenters. The molecule has 0 aliphatic carbocycles. The van der Waals surface area contributed by atoms with Crippen molar-refractivity contribution in [2.24, 2.45) is 5.73 Å². The number of nitrogens with two attached hydrogens (primary N) is 2. The van der Waals surface area contributed by atoms with E-state index in [2.05, 4.69) is 9.69 Å². The number of nitrogens with zero attached hydrogens (tertiary/aromatic N) is 2. The van der Waals surface area contributed by atoms with Crippen LogP contribution in [0.4, 0.5) is 14.5 Å². The van der Waals surface area contributed by atoms with Crippen molar-refractivity contribution in [2.75, 3.05) is 18.9 Å². The molecule has 2 aromatic carbocycles. The molecule has 1 aliphatic rings. The molecule has 3 aromatic rings. The SMILES string of the molecule is NC(=O)c1nsc(C(=O)N(Cc2ccccc2F)C(C(=O)NCC2CCCO2)c2ccc(F)cc2)c1N. The first-order valence-electron chi connectivity index (χ1n) is 11.5. The lowest BCUT2D eigenvalue weighted by Gasteiger charge is -2.31. The molecule has 194 valence electrons. The van der Waals surface area contributed by atoms with E-state index in [1.807, 2.05) is 0 Å². The van der Waals surface area contributed by atoms with Gasteiger partial charge in [0, 0.05) is 18.7 Å². The fourth-order valence-corrected chi connectivity index (χ4v) is 4.85. The van der Waals surface area contributed by atoms with E-state index in [0.717, 1.165) is 29.9 Å². The third-order valence-corrected chi connectivity index (χ3v) is 6.84. The fraction of sp³-hybridized carbons (Fsp3) is 0.280. The van der Waals surface area contributed by atoms with E-state index >= 15 is 0 Å². The zero-order valence-electron chi connectivity index (χ0n) is 19.7.